The molecule has 4 aromatic rings. The van der Waals surface area contributed by atoms with Crippen LogP contribution in [0.5, 0.6) is 11.5 Å². The van der Waals surface area contributed by atoms with Crippen molar-refractivity contribution in [1.29, 1.82) is 0 Å². The average molecular weight is 707 g/mol. The maximum atomic E-state index is 14.5. The summed E-state index contributed by atoms with van der Waals surface area (Å²) < 4.78 is 26.0. The normalized spacial score (nSPS) is 17.9. The molecule has 2 aliphatic heterocycles. The standard InChI is InChI=1S/C21H21FN2O4.C20H22N2O2/c22-17-10-9-13-12-16(17)14-6-3-4-7-15(14)21(27)24-18(19(25)20(23)26)8-2-1-5-11-28-13;1-2-15-8-4-3-7-13-24-16-11-12-21-19(14-16)17-9-5-6-10-18(17)20(23)22-15/h3-4,6-7,9-10,12,18H,1-2,5,8,11H2,(H2,23,26)(H,24,27);2,5-6,9-12,14-15H,1,3-4,7-8,13H2,(H,22,23)/t18-;15-/m01/s1. The van der Waals surface area contributed by atoms with Crippen LogP contribution in [0.2, 0.25) is 0 Å². The van der Waals surface area contributed by atoms with Gasteiger partial charge in [-0.3, -0.25) is 24.2 Å². The number of halogens is 1. The van der Waals surface area contributed by atoms with E-state index in [1.54, 1.807) is 36.5 Å². The van der Waals surface area contributed by atoms with Gasteiger partial charge in [0.25, 0.3) is 17.7 Å². The predicted octanol–water partition coefficient (Wildman–Crippen LogP) is 6.58. The van der Waals surface area contributed by atoms with Crippen LogP contribution in [0.4, 0.5) is 4.39 Å². The van der Waals surface area contributed by atoms with Gasteiger partial charge in [-0.2, -0.15) is 0 Å². The number of carbonyl (C=O) groups excluding carboxylic acids is 4. The van der Waals surface area contributed by atoms with Crippen LogP contribution in [0.3, 0.4) is 0 Å². The second-order valence-corrected chi connectivity index (χ2v) is 12.6. The summed E-state index contributed by atoms with van der Waals surface area (Å²) in [5, 5.41) is 5.66. The highest BCUT2D eigenvalue weighted by atomic mass is 19.1. The second-order valence-electron chi connectivity index (χ2n) is 12.6. The van der Waals surface area contributed by atoms with E-state index in [0.29, 0.717) is 42.9 Å². The Hall–Kier alpha value is -5.84. The molecule has 270 valence electrons. The predicted molar refractivity (Wildman–Crippen MR) is 196 cm³/mol. The van der Waals surface area contributed by atoms with Gasteiger partial charge in [-0.25, -0.2) is 4.39 Å². The van der Waals surface area contributed by atoms with E-state index in [2.05, 4.69) is 22.2 Å². The SMILES string of the molecule is C=C[C@@H]1CCCCCOc2ccnc(c2)-c2ccccc2C(=O)N1.NC(=O)C(=O)[C@@H]1CCCCCOc2ccc(F)c(c2)-c2ccccc2C(=O)N1. The van der Waals surface area contributed by atoms with Gasteiger partial charge in [0.1, 0.15) is 17.3 Å². The van der Waals surface area contributed by atoms with Crippen LogP contribution >= 0.6 is 0 Å². The number of ketones is 1. The van der Waals surface area contributed by atoms with Gasteiger partial charge in [0.2, 0.25) is 5.78 Å². The molecular formula is C41H43FN4O6. The number of nitrogens with one attached hydrogen (secondary N) is 2. The maximum absolute atomic E-state index is 14.5. The number of nitrogens with two attached hydrogens (primary N) is 1. The third kappa shape index (κ3) is 9.90. The summed E-state index contributed by atoms with van der Waals surface area (Å²) in [4.78, 5) is 53.4. The summed E-state index contributed by atoms with van der Waals surface area (Å²) in [5.41, 5.74) is 8.06. The van der Waals surface area contributed by atoms with Crippen LogP contribution in [0.1, 0.15) is 72.1 Å². The summed E-state index contributed by atoms with van der Waals surface area (Å²) in [6.45, 7) is 4.97. The molecule has 4 N–H and O–H groups in total. The summed E-state index contributed by atoms with van der Waals surface area (Å²) in [7, 11) is 0. The first-order chi connectivity index (χ1) is 25.2. The number of amides is 3. The van der Waals surface area contributed by atoms with Gasteiger partial charge in [0.15, 0.2) is 0 Å². The number of rotatable bonds is 3. The van der Waals surface area contributed by atoms with E-state index in [9.17, 15) is 23.6 Å². The van der Waals surface area contributed by atoms with Crippen LogP contribution in [0.15, 0.2) is 97.7 Å². The number of primary amides is 1. The molecule has 2 aliphatic rings. The topological polar surface area (TPSA) is 150 Å². The van der Waals surface area contributed by atoms with Gasteiger partial charge >= 0.3 is 0 Å². The van der Waals surface area contributed by atoms with Crippen LogP contribution < -0.4 is 25.8 Å². The fourth-order valence-corrected chi connectivity index (χ4v) is 6.09. The first-order valence-corrected chi connectivity index (χ1v) is 17.5. The molecule has 11 heteroatoms. The minimum atomic E-state index is -1.10. The lowest BCUT2D eigenvalue weighted by Gasteiger charge is -2.19. The number of benzene rings is 3. The third-order valence-electron chi connectivity index (χ3n) is 8.88. The highest BCUT2D eigenvalue weighted by molar-refractivity contribution is 6.38. The zero-order valence-electron chi connectivity index (χ0n) is 28.9. The van der Waals surface area contributed by atoms with Crippen LogP contribution in [0.25, 0.3) is 22.4 Å². The molecule has 0 aliphatic carbocycles. The number of ether oxygens (including phenoxy) is 2. The fourth-order valence-electron chi connectivity index (χ4n) is 6.09. The summed E-state index contributed by atoms with van der Waals surface area (Å²) in [5.74, 6) is -1.80. The summed E-state index contributed by atoms with van der Waals surface area (Å²) >= 11 is 0. The lowest BCUT2D eigenvalue weighted by Crippen LogP contribution is -2.46. The molecule has 6 rings (SSSR count). The Morgan fingerprint density at radius 3 is 2.00 bits per heavy atom. The van der Waals surface area contributed by atoms with Crippen molar-refractivity contribution in [2.24, 2.45) is 5.73 Å². The quantitative estimate of drug-likeness (QED) is 0.161. The molecule has 2 atom stereocenters. The highest BCUT2D eigenvalue weighted by Crippen LogP contribution is 2.31. The molecule has 10 nitrogen and oxygen atoms in total. The minimum absolute atomic E-state index is 0.0197. The number of hydrogen-bond donors (Lipinski definition) is 3. The van der Waals surface area contributed by atoms with Crippen molar-refractivity contribution < 1.29 is 33.0 Å². The summed E-state index contributed by atoms with van der Waals surface area (Å²) in [6, 6.07) is 21.1. The average Bonchev–Trinajstić information content (AvgIpc) is 3.16. The lowest BCUT2D eigenvalue weighted by atomic mass is 9.97. The molecule has 4 bridgehead atoms. The molecule has 52 heavy (non-hydrogen) atoms. The Kier molecular flexibility index (Phi) is 13.2. The number of pyridine rings is 1. The van der Waals surface area contributed by atoms with Crippen molar-refractivity contribution in [2.45, 2.75) is 63.5 Å². The van der Waals surface area contributed by atoms with Gasteiger partial charge in [-0.05, 0) is 80.5 Å². The number of aromatic nitrogens is 1. The third-order valence-corrected chi connectivity index (χ3v) is 8.88. The van der Waals surface area contributed by atoms with Gasteiger partial charge in [0.05, 0.1) is 24.9 Å². The van der Waals surface area contributed by atoms with Gasteiger partial charge in [-0.15, -0.1) is 6.58 Å². The molecular weight excluding hydrogens is 663 g/mol. The Balaban J connectivity index is 0.000000203. The van der Waals surface area contributed by atoms with E-state index in [1.165, 1.54) is 12.1 Å². The van der Waals surface area contributed by atoms with E-state index in [4.69, 9.17) is 15.2 Å². The molecule has 0 radical (unpaired) electrons. The monoisotopic (exact) mass is 706 g/mol. The van der Waals surface area contributed by atoms with E-state index < -0.39 is 29.5 Å². The number of hydrogen-bond acceptors (Lipinski definition) is 7. The number of fused-ring (bicyclic) bond motifs is 8. The smallest absolute Gasteiger partial charge is 0.287 e. The van der Waals surface area contributed by atoms with E-state index in [1.807, 2.05) is 42.5 Å². The Bertz CT molecular complexity index is 1910. The first-order valence-electron chi connectivity index (χ1n) is 17.5. The Morgan fingerprint density at radius 2 is 1.33 bits per heavy atom. The molecule has 3 amide bonds. The van der Waals surface area contributed by atoms with Crippen LogP contribution in [0, 0.1) is 5.82 Å². The Morgan fingerprint density at radius 1 is 0.731 bits per heavy atom. The van der Waals surface area contributed by atoms with E-state index >= 15 is 0 Å². The van der Waals surface area contributed by atoms with Crippen molar-refractivity contribution >= 4 is 23.5 Å². The maximum Gasteiger partial charge on any atom is 0.287 e. The highest BCUT2D eigenvalue weighted by Gasteiger charge is 2.27. The van der Waals surface area contributed by atoms with Crippen molar-refractivity contribution in [1.82, 2.24) is 15.6 Å². The molecule has 0 spiro atoms. The number of carbonyl (C=O) groups is 4. The Labute approximate surface area is 302 Å². The molecule has 0 fully saturated rings. The van der Waals surface area contributed by atoms with Gasteiger partial charge in [-0.1, -0.05) is 55.3 Å². The van der Waals surface area contributed by atoms with Gasteiger partial charge < -0.3 is 25.8 Å². The van der Waals surface area contributed by atoms with E-state index in [-0.39, 0.29) is 29.5 Å². The number of nitrogens with zero attached hydrogens (tertiary/aromatic N) is 1. The molecule has 1 aromatic heterocycles. The lowest BCUT2D eigenvalue weighted by molar-refractivity contribution is -0.137. The number of Topliss-reactive ketones (excluding diaryl/α,β-unsaturated/α-hetero) is 1. The molecule has 0 saturated heterocycles. The largest absolute Gasteiger partial charge is 0.494 e. The minimum Gasteiger partial charge on any atom is -0.494 e. The molecule has 3 heterocycles. The fraction of sp³-hybridized carbons (Fsp3) is 0.293. The second kappa shape index (κ2) is 18.4. The van der Waals surface area contributed by atoms with E-state index in [0.717, 1.165) is 49.1 Å². The zero-order valence-corrected chi connectivity index (χ0v) is 28.9. The van der Waals surface area contributed by atoms with Crippen molar-refractivity contribution in [2.75, 3.05) is 13.2 Å². The van der Waals surface area contributed by atoms with Crippen molar-refractivity contribution in [3.8, 4) is 33.9 Å². The molecule has 0 saturated carbocycles. The molecule has 0 unspecified atom stereocenters. The summed E-state index contributed by atoms with van der Waals surface area (Å²) in [6.07, 6.45) is 9.86. The first kappa shape index (κ1) is 37.4. The van der Waals surface area contributed by atoms with Crippen LogP contribution in [-0.4, -0.2) is 53.8 Å². The van der Waals surface area contributed by atoms with Crippen molar-refractivity contribution in [3.05, 3.63) is 115 Å². The molecule has 3 aromatic carbocycles. The zero-order chi connectivity index (χ0) is 36.9. The van der Waals surface area contributed by atoms with Crippen LogP contribution in [-0.2, 0) is 9.59 Å². The van der Waals surface area contributed by atoms with Crippen molar-refractivity contribution in [3.63, 3.8) is 0 Å². The van der Waals surface area contributed by atoms with Gasteiger partial charge in [0, 0.05) is 40.6 Å².